The summed E-state index contributed by atoms with van der Waals surface area (Å²) >= 11 is 0. The largest absolute Gasteiger partial charge is 2.00 e. The summed E-state index contributed by atoms with van der Waals surface area (Å²) in [7, 11) is 0. The van der Waals surface area contributed by atoms with E-state index in [2.05, 4.69) is 0 Å². The molecule has 0 spiro atoms. The summed E-state index contributed by atoms with van der Waals surface area (Å²) in [6.45, 7) is 5.19. The molecular formula is C10H21CuO10P. The van der Waals surface area contributed by atoms with Crippen LogP contribution < -0.4 is 10.2 Å². The second-order valence-corrected chi connectivity index (χ2v) is 2.54. The molecule has 0 rings (SSSR count). The van der Waals surface area contributed by atoms with Crippen molar-refractivity contribution in [3.63, 3.8) is 0 Å². The predicted molar refractivity (Wildman–Crippen MR) is 72.4 cm³/mol. The molecule has 0 aliphatic heterocycles. The Hall–Kier alpha value is -1.70. The molecule has 0 aliphatic rings. The van der Waals surface area contributed by atoms with Gasteiger partial charge < -0.3 is 35.1 Å². The third kappa shape index (κ3) is 1890. The zero-order chi connectivity index (χ0) is 17.9. The van der Waals surface area contributed by atoms with Crippen molar-refractivity contribution < 1.29 is 66.6 Å². The van der Waals surface area contributed by atoms with Crippen molar-refractivity contribution >= 4 is 39.7 Å². The topological polar surface area (TPSA) is 192 Å². The Morgan fingerprint density at radius 1 is 0.591 bits per heavy atom. The molecular weight excluding hydrogens is 375 g/mol. The van der Waals surface area contributed by atoms with Gasteiger partial charge in [-0.25, -0.2) is 0 Å². The van der Waals surface area contributed by atoms with Crippen molar-refractivity contribution in [1.82, 2.24) is 0 Å². The van der Waals surface area contributed by atoms with E-state index in [1.807, 2.05) is 0 Å². The van der Waals surface area contributed by atoms with Crippen LogP contribution in [0, 0.1) is 0 Å². The minimum atomic E-state index is -1.08. The Balaban J connectivity index is -0.0000000250. The third-order valence-corrected chi connectivity index (χ3v) is 0. The third-order valence-electron chi connectivity index (χ3n) is 0. The van der Waals surface area contributed by atoms with Crippen molar-refractivity contribution in [2.45, 2.75) is 34.6 Å². The maximum absolute atomic E-state index is 9.00. The molecule has 0 amide bonds. The summed E-state index contributed by atoms with van der Waals surface area (Å²) < 4.78 is 0. The fourth-order valence-corrected chi connectivity index (χ4v) is 0. The van der Waals surface area contributed by atoms with Crippen LogP contribution in [-0.2, 0) is 41.0 Å². The Kier molecular flexibility index (Phi) is 71.0. The first kappa shape index (κ1) is 42.7. The van der Waals surface area contributed by atoms with Crippen LogP contribution in [-0.4, -0.2) is 45.2 Å². The van der Waals surface area contributed by atoms with Crippen LogP contribution in [0.15, 0.2) is 0 Å². The summed E-state index contributed by atoms with van der Waals surface area (Å²) in [6.07, 6.45) is 0. The molecule has 0 bridgehead atoms. The van der Waals surface area contributed by atoms with E-state index in [0.29, 0.717) is 0 Å². The SMILES string of the molecule is CC(=O)O.CC(=O)O.CC(=O)O.CC(=O)[O-].CC(=O)[O-].P.[Cu+2]. The van der Waals surface area contributed by atoms with Gasteiger partial charge in [0, 0.05) is 32.7 Å². The molecule has 12 heteroatoms. The zero-order valence-electron chi connectivity index (χ0n) is 12.7. The molecule has 1 unspecified atom stereocenters. The molecule has 0 fully saturated rings. The van der Waals surface area contributed by atoms with Crippen LogP contribution in [0.4, 0.5) is 0 Å². The van der Waals surface area contributed by atoms with Crippen LogP contribution in [0.5, 0.6) is 0 Å². The molecule has 1 radical (unpaired) electrons. The van der Waals surface area contributed by atoms with Crippen LogP contribution in [0.25, 0.3) is 0 Å². The standard InChI is InChI=1S/5C2H4O2.Cu.H3P/c5*1-2(3)4;;/h5*1H3,(H,3,4);;1H3/q;;;;;+2;/p-2. The van der Waals surface area contributed by atoms with Gasteiger partial charge in [0.25, 0.3) is 17.9 Å². The first-order chi connectivity index (χ1) is 8.66. The van der Waals surface area contributed by atoms with Crippen molar-refractivity contribution in [3.05, 3.63) is 0 Å². The van der Waals surface area contributed by atoms with Gasteiger partial charge in [0.1, 0.15) is 0 Å². The molecule has 0 aliphatic carbocycles. The number of carboxylic acid groups (broad SMARTS) is 5. The van der Waals surface area contributed by atoms with Crippen molar-refractivity contribution in [2.24, 2.45) is 0 Å². The molecule has 1 atom stereocenters. The van der Waals surface area contributed by atoms with E-state index in [9.17, 15) is 0 Å². The molecule has 22 heavy (non-hydrogen) atoms. The number of carboxylic acids is 5. The summed E-state index contributed by atoms with van der Waals surface area (Å²) in [5.41, 5.74) is 0. The number of carbonyl (C=O) groups is 5. The Bertz CT molecular complexity index is 216. The number of aliphatic carboxylic acids is 5. The molecule has 0 saturated carbocycles. The second kappa shape index (κ2) is 36.5. The van der Waals surface area contributed by atoms with E-state index < -0.39 is 29.8 Å². The van der Waals surface area contributed by atoms with Crippen molar-refractivity contribution in [2.75, 3.05) is 0 Å². The molecule has 0 aromatic heterocycles. The van der Waals surface area contributed by atoms with E-state index in [-0.39, 0.29) is 27.0 Å². The predicted octanol–water partition coefficient (Wildman–Crippen LogP) is -2.16. The maximum atomic E-state index is 9.00. The normalized spacial score (nSPS) is 5.68. The fourth-order valence-electron chi connectivity index (χ4n) is 0. The number of carbonyl (C=O) groups excluding carboxylic acids is 2. The van der Waals surface area contributed by atoms with Gasteiger partial charge in [0.05, 0.1) is 0 Å². The Morgan fingerprint density at radius 2 is 0.591 bits per heavy atom. The molecule has 137 valence electrons. The average molecular weight is 396 g/mol. The number of hydrogen-bond donors (Lipinski definition) is 3. The van der Waals surface area contributed by atoms with Gasteiger partial charge in [-0.2, -0.15) is 9.90 Å². The van der Waals surface area contributed by atoms with E-state index >= 15 is 0 Å². The quantitative estimate of drug-likeness (QED) is 0.300. The van der Waals surface area contributed by atoms with Crippen LogP contribution >= 0.6 is 9.90 Å². The van der Waals surface area contributed by atoms with Crippen LogP contribution in [0.3, 0.4) is 0 Å². The van der Waals surface area contributed by atoms with E-state index in [1.54, 1.807) is 0 Å². The summed E-state index contributed by atoms with van der Waals surface area (Å²) in [5.74, 6) is -4.67. The second-order valence-electron chi connectivity index (χ2n) is 2.54. The van der Waals surface area contributed by atoms with Gasteiger partial charge in [-0.3, -0.25) is 14.4 Å². The zero-order valence-corrected chi connectivity index (χ0v) is 15.1. The number of rotatable bonds is 0. The van der Waals surface area contributed by atoms with Gasteiger partial charge in [-0.05, 0) is 13.8 Å². The fraction of sp³-hybridized carbons (Fsp3) is 0.500. The average Bonchev–Trinajstić information content (AvgIpc) is 1.94. The summed E-state index contributed by atoms with van der Waals surface area (Å²) in [5, 5.41) is 40.0. The van der Waals surface area contributed by atoms with Gasteiger partial charge >= 0.3 is 17.1 Å². The Labute approximate surface area is 141 Å². The molecule has 0 aromatic carbocycles. The molecule has 10 nitrogen and oxygen atoms in total. The molecule has 0 heterocycles. The smallest absolute Gasteiger partial charge is 0.550 e. The Morgan fingerprint density at radius 3 is 0.591 bits per heavy atom. The van der Waals surface area contributed by atoms with E-state index in [1.165, 1.54) is 0 Å². The molecule has 0 aromatic rings. The first-order valence-electron chi connectivity index (χ1n) is 4.60. The first-order valence-corrected chi connectivity index (χ1v) is 4.60. The van der Waals surface area contributed by atoms with Crippen molar-refractivity contribution in [3.8, 4) is 0 Å². The minimum Gasteiger partial charge on any atom is -0.550 e. The van der Waals surface area contributed by atoms with Gasteiger partial charge in [-0.1, -0.05) is 0 Å². The molecule has 3 N–H and O–H groups in total. The van der Waals surface area contributed by atoms with Gasteiger partial charge in [-0.15, -0.1) is 0 Å². The summed E-state index contributed by atoms with van der Waals surface area (Å²) in [4.78, 5) is 44.8. The van der Waals surface area contributed by atoms with Gasteiger partial charge in [0.2, 0.25) is 0 Å². The van der Waals surface area contributed by atoms with Gasteiger partial charge in [0.15, 0.2) is 0 Å². The van der Waals surface area contributed by atoms with Crippen molar-refractivity contribution in [1.29, 1.82) is 0 Å². The van der Waals surface area contributed by atoms with E-state index in [0.717, 1.165) is 34.6 Å². The number of hydrogen-bond acceptors (Lipinski definition) is 7. The van der Waals surface area contributed by atoms with Crippen LogP contribution in [0.1, 0.15) is 34.6 Å². The minimum absolute atomic E-state index is 0. The van der Waals surface area contributed by atoms with Crippen LogP contribution in [0.2, 0.25) is 0 Å². The molecule has 0 saturated heterocycles. The summed E-state index contributed by atoms with van der Waals surface area (Å²) in [6, 6.07) is 0. The van der Waals surface area contributed by atoms with E-state index in [4.69, 9.17) is 49.5 Å². The monoisotopic (exact) mass is 395 g/mol. The maximum Gasteiger partial charge on any atom is 2.00 e.